The number of nitrogens with zero attached hydrogens (tertiary/aromatic N) is 1. The lowest BCUT2D eigenvalue weighted by Gasteiger charge is -2.21. The Labute approximate surface area is 137 Å². The molecule has 23 heavy (non-hydrogen) atoms. The minimum Gasteiger partial charge on any atom is -0.320 e. The van der Waals surface area contributed by atoms with Crippen molar-refractivity contribution in [2.24, 2.45) is 5.92 Å². The largest absolute Gasteiger partial charge is 0.329 e. The Morgan fingerprint density at radius 3 is 2.13 bits per heavy atom. The molecule has 0 unspecified atom stereocenters. The van der Waals surface area contributed by atoms with Crippen LogP contribution in [0.25, 0.3) is 0 Å². The quantitative estimate of drug-likeness (QED) is 0.846. The van der Waals surface area contributed by atoms with Crippen molar-refractivity contribution < 1.29 is 14.4 Å². The number of amides is 5. The summed E-state index contributed by atoms with van der Waals surface area (Å²) in [5.41, 5.74) is 0.970. The Bertz CT molecular complexity index is 527. The molecule has 0 aromatic heterocycles. The van der Waals surface area contributed by atoms with E-state index in [4.69, 9.17) is 0 Å². The first kappa shape index (κ1) is 18.7. The monoisotopic (exact) mass is 319 g/mol. The summed E-state index contributed by atoms with van der Waals surface area (Å²) in [6.45, 7) is 6.45. The molecular formula is C17H25N3O3. The van der Waals surface area contributed by atoms with E-state index in [0.717, 1.165) is 5.56 Å². The minimum atomic E-state index is -0.779. The summed E-state index contributed by atoms with van der Waals surface area (Å²) < 4.78 is 0. The van der Waals surface area contributed by atoms with E-state index in [1.165, 1.54) is 4.90 Å². The topological polar surface area (TPSA) is 78.5 Å². The highest BCUT2D eigenvalue weighted by atomic mass is 16.2. The molecule has 1 rings (SSSR count). The van der Waals surface area contributed by atoms with Gasteiger partial charge in [0, 0.05) is 19.0 Å². The second-order valence-electron chi connectivity index (χ2n) is 5.26. The Balaban J connectivity index is 2.55. The highest BCUT2D eigenvalue weighted by Crippen LogP contribution is 2.07. The van der Waals surface area contributed by atoms with Crippen molar-refractivity contribution in [3.63, 3.8) is 0 Å². The van der Waals surface area contributed by atoms with Crippen LogP contribution in [0.15, 0.2) is 30.3 Å². The maximum absolute atomic E-state index is 12.1. The summed E-state index contributed by atoms with van der Waals surface area (Å²) in [5.74, 6) is -0.575. The number of carbonyl (C=O) groups is 3. The lowest BCUT2D eigenvalue weighted by Crippen LogP contribution is -2.49. The van der Waals surface area contributed by atoms with Gasteiger partial charge in [-0.2, -0.15) is 0 Å². The van der Waals surface area contributed by atoms with E-state index in [0.29, 0.717) is 25.9 Å². The van der Waals surface area contributed by atoms with Gasteiger partial charge < -0.3 is 4.90 Å². The lowest BCUT2D eigenvalue weighted by molar-refractivity contribution is -0.124. The molecular weight excluding hydrogens is 294 g/mol. The zero-order valence-corrected chi connectivity index (χ0v) is 14.0. The first-order valence-corrected chi connectivity index (χ1v) is 7.96. The average Bonchev–Trinajstić information content (AvgIpc) is 2.54. The maximum Gasteiger partial charge on any atom is 0.329 e. The van der Waals surface area contributed by atoms with Crippen molar-refractivity contribution in [1.82, 2.24) is 15.5 Å². The molecule has 0 spiro atoms. The molecule has 5 amide bonds. The molecule has 1 aromatic rings. The van der Waals surface area contributed by atoms with Crippen molar-refractivity contribution in [3.8, 4) is 0 Å². The molecule has 0 heterocycles. The Morgan fingerprint density at radius 1 is 1.00 bits per heavy atom. The molecule has 2 N–H and O–H groups in total. The second-order valence-corrected chi connectivity index (χ2v) is 5.26. The van der Waals surface area contributed by atoms with Crippen LogP contribution >= 0.6 is 0 Å². The highest BCUT2D eigenvalue weighted by molar-refractivity contribution is 6.02. The van der Waals surface area contributed by atoms with E-state index >= 15 is 0 Å². The number of nitrogens with one attached hydrogen (secondary N) is 2. The number of imide groups is 2. The zero-order chi connectivity index (χ0) is 17.2. The van der Waals surface area contributed by atoms with Crippen LogP contribution in [0.4, 0.5) is 9.59 Å². The van der Waals surface area contributed by atoms with E-state index in [1.54, 1.807) is 0 Å². The lowest BCUT2D eigenvalue weighted by atomic mass is 10.0. The van der Waals surface area contributed by atoms with Gasteiger partial charge in [0.15, 0.2) is 0 Å². The fraction of sp³-hybridized carbons (Fsp3) is 0.471. The van der Waals surface area contributed by atoms with Gasteiger partial charge in [0.2, 0.25) is 5.91 Å². The summed E-state index contributed by atoms with van der Waals surface area (Å²) in [5, 5.41) is 4.42. The minimum absolute atomic E-state index is 0.220. The smallest absolute Gasteiger partial charge is 0.320 e. The molecule has 0 aliphatic rings. The van der Waals surface area contributed by atoms with Gasteiger partial charge in [0.05, 0.1) is 0 Å². The van der Waals surface area contributed by atoms with Crippen LogP contribution in [0.2, 0.25) is 0 Å². The van der Waals surface area contributed by atoms with Gasteiger partial charge in [-0.15, -0.1) is 0 Å². The van der Waals surface area contributed by atoms with Gasteiger partial charge in [-0.05, 0) is 25.3 Å². The van der Waals surface area contributed by atoms with Crippen molar-refractivity contribution in [3.05, 3.63) is 35.9 Å². The number of benzene rings is 1. The van der Waals surface area contributed by atoms with Gasteiger partial charge in [-0.3, -0.25) is 15.4 Å². The Morgan fingerprint density at radius 2 is 1.61 bits per heavy atom. The molecule has 0 aliphatic heterocycles. The van der Waals surface area contributed by atoms with Crippen LogP contribution in [-0.2, 0) is 11.3 Å². The van der Waals surface area contributed by atoms with Crippen molar-refractivity contribution in [2.45, 2.75) is 40.2 Å². The first-order chi connectivity index (χ1) is 11.0. The van der Waals surface area contributed by atoms with Crippen molar-refractivity contribution in [2.75, 3.05) is 6.54 Å². The average molecular weight is 319 g/mol. The molecule has 0 saturated carbocycles. The second kappa shape index (κ2) is 9.61. The normalized spacial score (nSPS) is 10.3. The molecule has 126 valence electrons. The molecule has 0 aliphatic carbocycles. The summed E-state index contributed by atoms with van der Waals surface area (Å²) in [4.78, 5) is 37.2. The van der Waals surface area contributed by atoms with Crippen molar-refractivity contribution in [1.29, 1.82) is 0 Å². The number of hydrogen-bond donors (Lipinski definition) is 2. The molecule has 6 heteroatoms. The summed E-state index contributed by atoms with van der Waals surface area (Å²) in [6.07, 6.45) is 1.30. The third-order valence-electron chi connectivity index (χ3n) is 3.70. The van der Waals surface area contributed by atoms with Crippen molar-refractivity contribution >= 4 is 18.0 Å². The number of rotatable bonds is 6. The fourth-order valence-electron chi connectivity index (χ4n) is 2.21. The van der Waals surface area contributed by atoms with Crippen LogP contribution in [0.3, 0.4) is 0 Å². The van der Waals surface area contributed by atoms with E-state index in [2.05, 4.69) is 10.6 Å². The van der Waals surface area contributed by atoms with Gasteiger partial charge >= 0.3 is 12.1 Å². The molecule has 0 bridgehead atoms. The Hall–Kier alpha value is -2.37. The van der Waals surface area contributed by atoms with Gasteiger partial charge in [-0.1, -0.05) is 44.2 Å². The van der Waals surface area contributed by atoms with Gasteiger partial charge in [0.1, 0.15) is 0 Å². The number of urea groups is 2. The van der Waals surface area contributed by atoms with Crippen LogP contribution in [0.5, 0.6) is 0 Å². The van der Waals surface area contributed by atoms with Gasteiger partial charge in [0.25, 0.3) is 0 Å². The zero-order valence-electron chi connectivity index (χ0n) is 14.0. The number of hydrogen-bond acceptors (Lipinski definition) is 3. The summed E-state index contributed by atoms with van der Waals surface area (Å²) >= 11 is 0. The molecule has 6 nitrogen and oxygen atoms in total. The van der Waals surface area contributed by atoms with E-state index in [-0.39, 0.29) is 11.8 Å². The molecule has 0 radical (unpaired) electrons. The van der Waals surface area contributed by atoms with E-state index in [9.17, 15) is 14.4 Å². The summed E-state index contributed by atoms with van der Waals surface area (Å²) in [7, 11) is 0. The third kappa shape index (κ3) is 6.10. The molecule has 0 saturated heterocycles. The highest BCUT2D eigenvalue weighted by Gasteiger charge is 2.20. The van der Waals surface area contributed by atoms with E-state index in [1.807, 2.05) is 51.1 Å². The SMILES string of the molecule is CCC(CC)C(=O)NC(=O)NC(=O)N(CC)Cc1ccccc1. The molecule has 0 fully saturated rings. The predicted octanol–water partition coefficient (Wildman–Crippen LogP) is 2.89. The maximum atomic E-state index is 12.1. The van der Waals surface area contributed by atoms with Gasteiger partial charge in [-0.25, -0.2) is 9.59 Å². The van der Waals surface area contributed by atoms with Crippen LogP contribution in [0, 0.1) is 5.92 Å². The molecule has 0 atom stereocenters. The van der Waals surface area contributed by atoms with Crippen LogP contribution < -0.4 is 10.6 Å². The Kier molecular flexibility index (Phi) is 7.80. The number of carbonyl (C=O) groups excluding carboxylic acids is 3. The molecule has 1 aromatic carbocycles. The standard InChI is InChI=1S/C17H25N3O3/c1-4-14(5-2)15(21)18-16(22)19-17(23)20(6-3)12-13-10-8-7-9-11-13/h7-11,14H,4-6,12H2,1-3H3,(H2,18,19,21,22,23). The van der Waals surface area contributed by atoms with Crippen LogP contribution in [-0.4, -0.2) is 29.4 Å². The van der Waals surface area contributed by atoms with E-state index < -0.39 is 12.1 Å². The predicted molar refractivity (Wildman–Crippen MR) is 88.7 cm³/mol. The first-order valence-electron chi connectivity index (χ1n) is 7.96. The summed E-state index contributed by atoms with van der Waals surface area (Å²) in [6, 6.07) is 8.20. The third-order valence-corrected chi connectivity index (χ3v) is 3.70. The fourth-order valence-corrected chi connectivity index (χ4v) is 2.21. The van der Waals surface area contributed by atoms with Crippen LogP contribution in [0.1, 0.15) is 39.2 Å².